The predicted molar refractivity (Wildman–Crippen MR) is 87.7 cm³/mol. The van der Waals surface area contributed by atoms with Crippen molar-refractivity contribution in [2.75, 3.05) is 25.6 Å². The van der Waals surface area contributed by atoms with Crippen LogP contribution < -0.4 is 0 Å². The molecule has 1 heterocycles. The first-order chi connectivity index (χ1) is 9.63. The summed E-state index contributed by atoms with van der Waals surface area (Å²) in [4.78, 5) is 17.7. The van der Waals surface area contributed by atoms with Crippen molar-refractivity contribution in [3.8, 4) is 0 Å². The van der Waals surface area contributed by atoms with Crippen molar-refractivity contribution >= 4 is 28.4 Å². The van der Waals surface area contributed by atoms with E-state index in [1.54, 1.807) is 0 Å². The van der Waals surface area contributed by atoms with E-state index in [-0.39, 0.29) is 5.78 Å². The Hall–Kier alpha value is -1.26. The van der Waals surface area contributed by atoms with Gasteiger partial charge < -0.3 is 4.98 Å². The number of nitrogens with one attached hydrogen (secondary N) is 1. The summed E-state index contributed by atoms with van der Waals surface area (Å²) >= 11 is 1.85. The molecule has 20 heavy (non-hydrogen) atoms. The topological polar surface area (TPSA) is 36.1 Å². The molecule has 0 saturated heterocycles. The van der Waals surface area contributed by atoms with Crippen LogP contribution in [0.4, 0.5) is 0 Å². The second kappa shape index (κ2) is 6.95. The van der Waals surface area contributed by atoms with Gasteiger partial charge in [-0.15, -0.1) is 0 Å². The molecule has 0 aliphatic heterocycles. The summed E-state index contributed by atoms with van der Waals surface area (Å²) in [5, 5.41) is 1.02. The lowest BCUT2D eigenvalue weighted by molar-refractivity contribution is 0.0925. The van der Waals surface area contributed by atoms with Crippen LogP contribution >= 0.6 is 11.8 Å². The number of fused-ring (bicyclic) bond motifs is 1. The number of Topliss-reactive ketones (excluding diaryl/α,β-unsaturated/α-hetero) is 1. The van der Waals surface area contributed by atoms with Gasteiger partial charge in [-0.1, -0.05) is 18.2 Å². The number of ketones is 1. The first-order valence-corrected chi connectivity index (χ1v) is 8.31. The number of H-pyrrole nitrogens is 1. The highest BCUT2D eigenvalue weighted by Crippen LogP contribution is 2.18. The monoisotopic (exact) mass is 290 g/mol. The molecule has 1 aromatic carbocycles. The molecule has 0 spiro atoms. The molecular formula is C16H22N2OS. The molecule has 4 heteroatoms. The SMILES string of the molecule is CSCCC(C)N(C)CC(=O)c1c[nH]c2ccccc12. The van der Waals surface area contributed by atoms with Crippen LogP contribution in [0.5, 0.6) is 0 Å². The Balaban J connectivity index is 2.04. The average Bonchev–Trinajstić information content (AvgIpc) is 2.88. The third kappa shape index (κ3) is 3.44. The zero-order valence-electron chi connectivity index (χ0n) is 12.3. The van der Waals surface area contributed by atoms with Crippen molar-refractivity contribution in [2.24, 2.45) is 0 Å². The third-order valence-corrected chi connectivity index (χ3v) is 4.42. The van der Waals surface area contributed by atoms with E-state index in [9.17, 15) is 4.79 Å². The van der Waals surface area contributed by atoms with Gasteiger partial charge in [0, 0.05) is 28.7 Å². The van der Waals surface area contributed by atoms with Crippen molar-refractivity contribution in [3.05, 3.63) is 36.0 Å². The van der Waals surface area contributed by atoms with E-state index < -0.39 is 0 Å². The molecule has 1 atom stereocenters. The molecule has 1 unspecified atom stereocenters. The summed E-state index contributed by atoms with van der Waals surface area (Å²) in [5.41, 5.74) is 1.82. The number of benzene rings is 1. The fourth-order valence-electron chi connectivity index (χ4n) is 2.28. The Kier molecular flexibility index (Phi) is 5.26. The van der Waals surface area contributed by atoms with Gasteiger partial charge in [0.1, 0.15) is 0 Å². The molecule has 108 valence electrons. The van der Waals surface area contributed by atoms with Crippen molar-refractivity contribution in [2.45, 2.75) is 19.4 Å². The van der Waals surface area contributed by atoms with Crippen LogP contribution in [0.25, 0.3) is 10.9 Å². The molecule has 3 nitrogen and oxygen atoms in total. The normalized spacial score (nSPS) is 13.0. The number of thioether (sulfide) groups is 1. The van der Waals surface area contributed by atoms with E-state index in [1.807, 2.05) is 49.3 Å². The van der Waals surface area contributed by atoms with Gasteiger partial charge in [0.15, 0.2) is 5.78 Å². The Morgan fingerprint density at radius 2 is 2.15 bits per heavy atom. The maximum atomic E-state index is 12.4. The lowest BCUT2D eigenvalue weighted by atomic mass is 10.1. The summed E-state index contributed by atoms with van der Waals surface area (Å²) in [6.45, 7) is 2.65. The molecule has 2 aromatic rings. The van der Waals surface area contributed by atoms with Crippen molar-refractivity contribution in [1.82, 2.24) is 9.88 Å². The molecule has 0 aliphatic rings. The zero-order valence-corrected chi connectivity index (χ0v) is 13.2. The summed E-state index contributed by atoms with van der Waals surface area (Å²) < 4.78 is 0. The Morgan fingerprint density at radius 1 is 1.40 bits per heavy atom. The Bertz CT molecular complexity index is 579. The first kappa shape index (κ1) is 15.1. The fourth-order valence-corrected chi connectivity index (χ4v) is 2.86. The lowest BCUT2D eigenvalue weighted by Gasteiger charge is -2.23. The number of likely N-dealkylation sites (N-methyl/N-ethyl adjacent to an activating group) is 1. The molecule has 0 aliphatic carbocycles. The molecule has 2 rings (SSSR count). The fraction of sp³-hybridized carbons (Fsp3) is 0.438. The molecule has 0 saturated carbocycles. The van der Waals surface area contributed by atoms with Crippen molar-refractivity contribution < 1.29 is 4.79 Å². The van der Waals surface area contributed by atoms with E-state index in [2.05, 4.69) is 23.1 Å². The third-order valence-electron chi connectivity index (χ3n) is 3.77. The maximum Gasteiger partial charge on any atom is 0.178 e. The highest BCUT2D eigenvalue weighted by Gasteiger charge is 2.16. The predicted octanol–water partition coefficient (Wildman–Crippen LogP) is 3.42. The smallest absolute Gasteiger partial charge is 0.178 e. The van der Waals surface area contributed by atoms with E-state index in [1.165, 1.54) is 0 Å². The van der Waals surface area contributed by atoms with Gasteiger partial charge in [-0.3, -0.25) is 9.69 Å². The molecule has 1 N–H and O–H groups in total. The summed E-state index contributed by atoms with van der Waals surface area (Å²) in [6, 6.07) is 8.37. The van der Waals surface area contributed by atoms with Crippen LogP contribution in [0.1, 0.15) is 23.7 Å². The van der Waals surface area contributed by atoms with Crippen molar-refractivity contribution in [3.63, 3.8) is 0 Å². The van der Waals surface area contributed by atoms with Crippen LogP contribution in [0.3, 0.4) is 0 Å². The van der Waals surface area contributed by atoms with Crippen LogP contribution in [-0.4, -0.2) is 47.3 Å². The number of para-hydroxylation sites is 1. The van der Waals surface area contributed by atoms with Crippen LogP contribution in [-0.2, 0) is 0 Å². The number of aromatic amines is 1. The van der Waals surface area contributed by atoms with Crippen LogP contribution in [0.2, 0.25) is 0 Å². The Morgan fingerprint density at radius 3 is 2.90 bits per heavy atom. The van der Waals surface area contributed by atoms with E-state index in [4.69, 9.17) is 0 Å². The van der Waals surface area contributed by atoms with Gasteiger partial charge in [-0.2, -0.15) is 11.8 Å². The Labute approximate surface area is 124 Å². The number of nitrogens with zero attached hydrogens (tertiary/aromatic N) is 1. The van der Waals surface area contributed by atoms with E-state index in [0.29, 0.717) is 12.6 Å². The van der Waals surface area contributed by atoms with Gasteiger partial charge in [0.25, 0.3) is 0 Å². The number of carbonyl (C=O) groups excluding carboxylic acids is 1. The minimum atomic E-state index is 0.181. The number of rotatable bonds is 7. The summed E-state index contributed by atoms with van der Waals surface area (Å²) in [6.07, 6.45) is 5.05. The van der Waals surface area contributed by atoms with Crippen LogP contribution in [0, 0.1) is 0 Å². The maximum absolute atomic E-state index is 12.4. The van der Waals surface area contributed by atoms with Gasteiger partial charge >= 0.3 is 0 Å². The lowest BCUT2D eigenvalue weighted by Crippen LogP contribution is -2.34. The van der Waals surface area contributed by atoms with Gasteiger partial charge in [0.05, 0.1) is 6.54 Å². The number of aromatic nitrogens is 1. The molecular weight excluding hydrogens is 268 g/mol. The van der Waals surface area contributed by atoms with E-state index in [0.717, 1.165) is 28.6 Å². The number of carbonyl (C=O) groups is 1. The molecule has 0 radical (unpaired) electrons. The number of hydrogen-bond donors (Lipinski definition) is 1. The molecule has 0 fully saturated rings. The largest absolute Gasteiger partial charge is 0.360 e. The average molecular weight is 290 g/mol. The van der Waals surface area contributed by atoms with Crippen LogP contribution in [0.15, 0.2) is 30.5 Å². The second-order valence-electron chi connectivity index (χ2n) is 5.22. The zero-order chi connectivity index (χ0) is 14.5. The molecule has 0 amide bonds. The van der Waals surface area contributed by atoms with Gasteiger partial charge in [-0.25, -0.2) is 0 Å². The standard InChI is InChI=1S/C16H22N2OS/c1-12(8-9-20-3)18(2)11-16(19)14-10-17-15-7-5-4-6-13(14)15/h4-7,10,12,17H,8-9,11H2,1-3H3. The summed E-state index contributed by atoms with van der Waals surface area (Å²) in [5.74, 6) is 1.31. The molecule has 0 bridgehead atoms. The quantitative estimate of drug-likeness (QED) is 0.794. The highest BCUT2D eigenvalue weighted by molar-refractivity contribution is 7.98. The number of hydrogen-bond acceptors (Lipinski definition) is 3. The van der Waals surface area contributed by atoms with Gasteiger partial charge in [-0.05, 0) is 38.5 Å². The first-order valence-electron chi connectivity index (χ1n) is 6.92. The van der Waals surface area contributed by atoms with Crippen molar-refractivity contribution in [1.29, 1.82) is 0 Å². The van der Waals surface area contributed by atoms with Gasteiger partial charge in [0.2, 0.25) is 0 Å². The minimum absolute atomic E-state index is 0.181. The molecule has 1 aromatic heterocycles. The highest BCUT2D eigenvalue weighted by atomic mass is 32.2. The minimum Gasteiger partial charge on any atom is -0.360 e. The van der Waals surface area contributed by atoms with E-state index >= 15 is 0 Å². The second-order valence-corrected chi connectivity index (χ2v) is 6.20. The summed E-state index contributed by atoms with van der Waals surface area (Å²) in [7, 11) is 2.03.